The van der Waals surface area contributed by atoms with Crippen LogP contribution < -0.4 is 21.2 Å². The van der Waals surface area contributed by atoms with Crippen molar-refractivity contribution in [2.45, 2.75) is 0 Å². The average Bonchev–Trinajstić information content (AvgIpc) is 1.19. The van der Waals surface area contributed by atoms with Gasteiger partial charge in [0.05, 0.1) is 0 Å². The van der Waals surface area contributed by atoms with E-state index in [-0.39, 0.29) is 0 Å². The Morgan fingerprint density at radius 2 is 1.75 bits per heavy atom. The molecule has 0 aromatic rings. The molecule has 0 aromatic carbocycles. The van der Waals surface area contributed by atoms with Gasteiger partial charge in [-0.15, -0.1) is 0 Å². The zero-order chi connectivity index (χ0) is 6.41. The molecule has 0 bridgehead atoms. The molecule has 0 saturated carbocycles. The van der Waals surface area contributed by atoms with Crippen molar-refractivity contribution in [3.05, 3.63) is 10.2 Å². The van der Waals surface area contributed by atoms with Gasteiger partial charge in [0.25, 0.3) is 11.4 Å². The number of halogens is 1. The molecule has 0 fully saturated rings. The average molecular weight is 249 g/mol. The fourth-order valence-electron chi connectivity index (χ4n) is 0.0891. The second-order valence-corrected chi connectivity index (χ2v) is 3.84. The van der Waals surface area contributed by atoms with Crippen LogP contribution in [0.3, 0.4) is 0 Å². The van der Waals surface area contributed by atoms with E-state index in [2.05, 4.69) is 10.2 Å². The second kappa shape index (κ2) is 5.67. The Kier molecular flexibility index (Phi) is 6.06. The van der Waals surface area contributed by atoms with E-state index in [1.54, 1.807) is 0 Å². The van der Waals surface area contributed by atoms with Gasteiger partial charge in [-0.1, -0.05) is 0 Å². The molecule has 0 aliphatic carbocycles. The topological polar surface area (TPSA) is 57.5 Å². The molecule has 0 aromatic heterocycles. The summed E-state index contributed by atoms with van der Waals surface area (Å²) >= 11 is -2.00. The molecule has 0 spiro atoms. The van der Waals surface area contributed by atoms with Crippen LogP contribution in [0, 0.1) is 0 Å². The first kappa shape index (κ1) is 8.54. The predicted molar refractivity (Wildman–Crippen MR) is 27.4 cm³/mol. The molecule has 50 valence electrons. The Balaban J connectivity index is 0.000000122. The Morgan fingerprint density at radius 1 is 1.62 bits per heavy atom. The summed E-state index contributed by atoms with van der Waals surface area (Å²) < 4.78 is 26.6. The van der Waals surface area contributed by atoms with Gasteiger partial charge in [-0.05, 0) is 0 Å². The molecule has 1 heterocycles. The molecule has 0 radical (unpaired) electrons. The smallest absolute Gasteiger partial charge is 0.284 e. The van der Waals surface area contributed by atoms with Gasteiger partial charge in [0.15, 0.2) is 0 Å². The van der Waals surface area contributed by atoms with Crippen LogP contribution in [0.15, 0.2) is 10.2 Å². The summed E-state index contributed by atoms with van der Waals surface area (Å²) in [5.74, 6) is 0. The second-order valence-electron chi connectivity index (χ2n) is 0.901. The molecule has 1 rings (SSSR count). The molecular weight excluding hydrogens is 243 g/mol. The van der Waals surface area contributed by atoms with E-state index in [9.17, 15) is 0 Å². The van der Waals surface area contributed by atoms with E-state index in [1.165, 1.54) is 4.43 Å². The van der Waals surface area contributed by atoms with Crippen molar-refractivity contribution in [1.82, 2.24) is 0 Å². The molecular formula is C3H6IO3S-. The summed E-state index contributed by atoms with van der Waals surface area (Å²) in [6.45, 7) is 0. The van der Waals surface area contributed by atoms with E-state index in [1.807, 2.05) is 0 Å². The van der Waals surface area contributed by atoms with E-state index in [0.717, 1.165) is 0 Å². The minimum atomic E-state index is -2.61. The van der Waals surface area contributed by atoms with Gasteiger partial charge < -0.3 is 0 Å². The normalized spacial score (nSPS) is 15.4. The van der Waals surface area contributed by atoms with Gasteiger partial charge in [0.2, 0.25) is 0 Å². The standard InChI is InChI=1S/C3H4I.H2O3S/c1-2-4-3-1;1-4(2)3/h1-2H,3H2;(H2,1,2,3)/q-1;. The van der Waals surface area contributed by atoms with Crippen LogP contribution in [0.4, 0.5) is 0 Å². The molecule has 0 unspecified atom stereocenters. The van der Waals surface area contributed by atoms with Crippen LogP contribution >= 0.6 is 0 Å². The van der Waals surface area contributed by atoms with Gasteiger partial charge >= 0.3 is 35.8 Å². The van der Waals surface area contributed by atoms with Crippen LogP contribution in [0.2, 0.25) is 0 Å². The Labute approximate surface area is 60.5 Å². The third-order valence-electron chi connectivity index (χ3n) is 0.356. The molecule has 2 N–H and O–H groups in total. The quantitative estimate of drug-likeness (QED) is 0.279. The van der Waals surface area contributed by atoms with Crippen LogP contribution in [0.5, 0.6) is 0 Å². The van der Waals surface area contributed by atoms with Crippen molar-refractivity contribution in [3.8, 4) is 0 Å². The summed E-state index contributed by atoms with van der Waals surface area (Å²) in [6, 6.07) is 0. The summed E-state index contributed by atoms with van der Waals surface area (Å²) in [5.41, 5.74) is 0. The predicted octanol–water partition coefficient (Wildman–Crippen LogP) is -2.72. The molecule has 0 atom stereocenters. The van der Waals surface area contributed by atoms with Gasteiger partial charge in [-0.3, -0.25) is 9.11 Å². The largest absolute Gasteiger partial charge is 0.299 e. The Morgan fingerprint density at radius 3 is 1.75 bits per heavy atom. The van der Waals surface area contributed by atoms with Crippen LogP contribution in [-0.2, 0) is 11.4 Å². The minimum absolute atomic E-state index is 0.611. The summed E-state index contributed by atoms with van der Waals surface area (Å²) in [5, 5.41) is 0. The summed E-state index contributed by atoms with van der Waals surface area (Å²) in [6.07, 6.45) is 2.23. The fraction of sp³-hybridized carbons (Fsp3) is 0.333. The minimum Gasteiger partial charge on any atom is -0.284 e. The van der Waals surface area contributed by atoms with E-state index < -0.39 is 11.4 Å². The van der Waals surface area contributed by atoms with Crippen molar-refractivity contribution in [2.24, 2.45) is 0 Å². The zero-order valence-corrected chi connectivity index (χ0v) is 6.92. The van der Waals surface area contributed by atoms with Gasteiger partial charge in [-0.25, -0.2) is 0 Å². The van der Waals surface area contributed by atoms with Crippen molar-refractivity contribution in [2.75, 3.05) is 4.43 Å². The Bertz CT molecular complexity index is 92.7. The molecule has 1 aliphatic rings. The molecule has 5 heteroatoms. The molecule has 0 amide bonds. The van der Waals surface area contributed by atoms with Crippen LogP contribution in [0.1, 0.15) is 0 Å². The summed E-state index contributed by atoms with van der Waals surface area (Å²) in [7, 11) is 0. The SMILES string of the molecule is C1=C[I-]C1.O=S(O)O. The third kappa shape index (κ3) is 9.74. The van der Waals surface area contributed by atoms with Gasteiger partial charge in [-0.2, -0.15) is 4.21 Å². The van der Waals surface area contributed by atoms with E-state index in [4.69, 9.17) is 13.3 Å². The van der Waals surface area contributed by atoms with Crippen molar-refractivity contribution < 1.29 is 34.5 Å². The first-order valence-electron chi connectivity index (χ1n) is 1.76. The number of hydrogen-bond acceptors (Lipinski definition) is 1. The van der Waals surface area contributed by atoms with Gasteiger partial charge in [0, 0.05) is 0 Å². The number of allylic oxidation sites excluding steroid dienone is 1. The first-order valence-corrected chi connectivity index (χ1v) is 5.59. The third-order valence-corrected chi connectivity index (χ3v) is 2.39. The first-order chi connectivity index (χ1) is 3.73. The monoisotopic (exact) mass is 249 g/mol. The zero-order valence-electron chi connectivity index (χ0n) is 3.95. The fourth-order valence-corrected chi connectivity index (χ4v) is 0.598. The maximum absolute atomic E-state index is 8.67. The number of alkyl halides is 1. The molecule has 0 saturated heterocycles. The molecule has 8 heavy (non-hydrogen) atoms. The number of hydrogen-bond donors (Lipinski definition) is 2. The Hall–Kier alpha value is 0.540. The number of rotatable bonds is 0. The van der Waals surface area contributed by atoms with Crippen molar-refractivity contribution in [3.63, 3.8) is 0 Å². The van der Waals surface area contributed by atoms with Crippen LogP contribution in [0.25, 0.3) is 0 Å². The molecule has 3 nitrogen and oxygen atoms in total. The maximum atomic E-state index is 8.67. The summed E-state index contributed by atoms with van der Waals surface area (Å²) in [4.78, 5) is 0. The maximum Gasteiger partial charge on any atom is 0.299 e. The van der Waals surface area contributed by atoms with Gasteiger partial charge in [0.1, 0.15) is 0 Å². The van der Waals surface area contributed by atoms with Crippen molar-refractivity contribution >= 4 is 11.4 Å². The van der Waals surface area contributed by atoms with Crippen LogP contribution in [-0.4, -0.2) is 17.7 Å². The van der Waals surface area contributed by atoms with E-state index >= 15 is 0 Å². The van der Waals surface area contributed by atoms with Crippen molar-refractivity contribution in [1.29, 1.82) is 0 Å². The molecule has 1 aliphatic heterocycles. The van der Waals surface area contributed by atoms with E-state index in [0.29, 0.717) is 21.2 Å².